The molecule has 3 atom stereocenters. The molecule has 166 valence electrons. The molecule has 5 rings (SSSR count). The number of carbonyl (C=O) groups excluding carboxylic acids is 1. The van der Waals surface area contributed by atoms with Crippen LogP contribution in [-0.4, -0.2) is 54.5 Å². The number of amides is 1. The third-order valence-corrected chi connectivity index (χ3v) is 5.87. The number of alkyl halides is 3. The quantitative estimate of drug-likeness (QED) is 0.615. The molecule has 2 bridgehead atoms. The van der Waals surface area contributed by atoms with Gasteiger partial charge in [-0.1, -0.05) is 0 Å². The molecule has 1 aliphatic heterocycles. The van der Waals surface area contributed by atoms with Crippen molar-refractivity contribution in [2.45, 2.75) is 38.1 Å². The number of aryl methyl sites for hydroxylation is 1. The molecule has 11 heteroatoms. The van der Waals surface area contributed by atoms with Gasteiger partial charge in [0.05, 0.1) is 24.0 Å². The summed E-state index contributed by atoms with van der Waals surface area (Å²) in [5, 5.41) is 8.22. The van der Waals surface area contributed by atoms with Gasteiger partial charge in [0.1, 0.15) is 11.8 Å². The predicted octanol–water partition coefficient (Wildman–Crippen LogP) is 3.07. The highest BCUT2D eigenvalue weighted by atomic mass is 19.4. The van der Waals surface area contributed by atoms with Crippen LogP contribution in [0.15, 0.2) is 42.9 Å². The molecular formula is C21H19F3N6O2. The second kappa shape index (κ2) is 7.57. The Bertz CT molecular complexity index is 1130. The van der Waals surface area contributed by atoms with Crippen molar-refractivity contribution in [3.8, 4) is 11.6 Å². The number of pyridine rings is 2. The van der Waals surface area contributed by atoms with Crippen LogP contribution in [0, 0.1) is 12.8 Å². The summed E-state index contributed by atoms with van der Waals surface area (Å²) in [5.41, 5.74) is 0.589. The fourth-order valence-corrected chi connectivity index (χ4v) is 4.44. The van der Waals surface area contributed by atoms with E-state index in [1.807, 2.05) is 0 Å². The molecule has 4 heterocycles. The Morgan fingerprint density at radius 1 is 1.12 bits per heavy atom. The smallest absolute Gasteiger partial charge is 0.417 e. The molecule has 32 heavy (non-hydrogen) atoms. The zero-order chi connectivity index (χ0) is 22.5. The number of likely N-dealkylation sites (tertiary alicyclic amines) is 1. The number of nitrogens with zero attached hydrogens (tertiary/aromatic N) is 6. The number of carbonyl (C=O) groups is 1. The van der Waals surface area contributed by atoms with Crippen LogP contribution < -0.4 is 4.74 Å². The predicted molar refractivity (Wildman–Crippen MR) is 105 cm³/mol. The summed E-state index contributed by atoms with van der Waals surface area (Å²) >= 11 is 0. The number of hydrogen-bond acceptors (Lipinski definition) is 6. The van der Waals surface area contributed by atoms with Gasteiger partial charge >= 0.3 is 6.18 Å². The third kappa shape index (κ3) is 3.67. The van der Waals surface area contributed by atoms with Crippen molar-refractivity contribution < 1.29 is 22.7 Å². The van der Waals surface area contributed by atoms with E-state index < -0.39 is 11.7 Å². The Morgan fingerprint density at radius 3 is 2.56 bits per heavy atom. The topological polar surface area (TPSA) is 86.0 Å². The first kappa shape index (κ1) is 20.4. The van der Waals surface area contributed by atoms with Gasteiger partial charge in [0, 0.05) is 24.5 Å². The number of halogens is 3. The molecule has 2 aliphatic rings. The number of piperidine rings is 1. The maximum Gasteiger partial charge on any atom is 0.417 e. The molecular weight excluding hydrogens is 425 g/mol. The van der Waals surface area contributed by atoms with E-state index >= 15 is 0 Å². The van der Waals surface area contributed by atoms with E-state index in [1.54, 1.807) is 24.0 Å². The Hall–Kier alpha value is -3.50. The maximum absolute atomic E-state index is 13.5. The minimum Gasteiger partial charge on any atom is -0.472 e. The fourth-order valence-electron chi connectivity index (χ4n) is 4.44. The van der Waals surface area contributed by atoms with Crippen molar-refractivity contribution in [2.75, 3.05) is 6.54 Å². The van der Waals surface area contributed by atoms with Crippen molar-refractivity contribution in [1.82, 2.24) is 29.9 Å². The van der Waals surface area contributed by atoms with Crippen LogP contribution in [0.4, 0.5) is 13.2 Å². The molecule has 0 spiro atoms. The second-order valence-electron chi connectivity index (χ2n) is 8.04. The van der Waals surface area contributed by atoms with Crippen LogP contribution in [0.2, 0.25) is 0 Å². The summed E-state index contributed by atoms with van der Waals surface area (Å²) in [4.78, 5) is 24.8. The molecule has 8 nitrogen and oxygen atoms in total. The molecule has 3 aromatic heterocycles. The van der Waals surface area contributed by atoms with Gasteiger partial charge in [-0.3, -0.25) is 4.79 Å². The van der Waals surface area contributed by atoms with Gasteiger partial charge in [-0.15, -0.1) is 4.80 Å². The van der Waals surface area contributed by atoms with E-state index in [2.05, 4.69) is 20.2 Å². The van der Waals surface area contributed by atoms with Gasteiger partial charge in [-0.2, -0.15) is 23.4 Å². The molecule has 1 aliphatic carbocycles. The second-order valence-corrected chi connectivity index (χ2v) is 8.04. The van der Waals surface area contributed by atoms with Crippen molar-refractivity contribution >= 4 is 5.91 Å². The minimum atomic E-state index is -4.46. The SMILES string of the molecule is Cc1ccc(-n2nccn2)c(C(=O)N2CC3CC(Oc4ccc(C(F)(F)F)cn4)[C@H]2C3)n1. The third-order valence-electron chi connectivity index (χ3n) is 5.87. The molecule has 1 saturated heterocycles. The summed E-state index contributed by atoms with van der Waals surface area (Å²) in [5.74, 6) is 0.111. The first-order chi connectivity index (χ1) is 15.3. The van der Waals surface area contributed by atoms with Crippen molar-refractivity contribution in [1.29, 1.82) is 0 Å². The van der Waals surface area contributed by atoms with Crippen LogP contribution in [0.5, 0.6) is 5.88 Å². The molecule has 0 radical (unpaired) electrons. The molecule has 1 saturated carbocycles. The number of ether oxygens (including phenoxy) is 1. The van der Waals surface area contributed by atoms with E-state index in [0.717, 1.165) is 18.7 Å². The van der Waals surface area contributed by atoms with Crippen LogP contribution in [0.3, 0.4) is 0 Å². The van der Waals surface area contributed by atoms with E-state index in [-0.39, 0.29) is 35.5 Å². The zero-order valence-electron chi connectivity index (χ0n) is 17.0. The first-order valence-corrected chi connectivity index (χ1v) is 10.1. The number of fused-ring (bicyclic) bond motifs is 2. The lowest BCUT2D eigenvalue weighted by Crippen LogP contribution is -2.47. The van der Waals surface area contributed by atoms with Crippen molar-refractivity contribution in [3.05, 3.63) is 59.8 Å². The highest BCUT2D eigenvalue weighted by Crippen LogP contribution is 2.40. The molecule has 1 amide bonds. The normalized spacial score (nSPS) is 22.4. The van der Waals surface area contributed by atoms with Gasteiger partial charge in [-0.25, -0.2) is 9.97 Å². The lowest BCUT2D eigenvalue weighted by atomic mass is 10.1. The van der Waals surface area contributed by atoms with Gasteiger partial charge in [-0.05, 0) is 43.9 Å². The largest absolute Gasteiger partial charge is 0.472 e. The molecule has 0 N–H and O–H groups in total. The van der Waals surface area contributed by atoms with Crippen LogP contribution in [-0.2, 0) is 6.18 Å². The van der Waals surface area contributed by atoms with Gasteiger partial charge in [0.2, 0.25) is 5.88 Å². The molecule has 2 fully saturated rings. The Labute approximate surface area is 181 Å². The average Bonchev–Trinajstić information content (AvgIpc) is 3.50. The van der Waals surface area contributed by atoms with Gasteiger partial charge < -0.3 is 9.64 Å². The monoisotopic (exact) mass is 444 g/mol. The summed E-state index contributed by atoms with van der Waals surface area (Å²) in [6.07, 6.45) is 0.469. The lowest BCUT2D eigenvalue weighted by Gasteiger charge is -2.33. The summed E-state index contributed by atoms with van der Waals surface area (Å²) < 4.78 is 44.2. The summed E-state index contributed by atoms with van der Waals surface area (Å²) in [6.45, 7) is 2.38. The first-order valence-electron chi connectivity index (χ1n) is 10.1. The van der Waals surface area contributed by atoms with Crippen LogP contribution in [0.1, 0.15) is 34.6 Å². The number of hydrogen-bond donors (Lipinski definition) is 0. The van der Waals surface area contributed by atoms with Crippen LogP contribution in [0.25, 0.3) is 5.69 Å². The minimum absolute atomic E-state index is 0.109. The Balaban J connectivity index is 1.37. The maximum atomic E-state index is 13.5. The zero-order valence-corrected chi connectivity index (χ0v) is 17.0. The lowest BCUT2D eigenvalue weighted by molar-refractivity contribution is -0.137. The van der Waals surface area contributed by atoms with Crippen LogP contribution >= 0.6 is 0 Å². The molecule has 0 aromatic carbocycles. The molecule has 2 unspecified atom stereocenters. The van der Waals surface area contributed by atoms with E-state index in [4.69, 9.17) is 4.74 Å². The number of aromatic nitrogens is 5. The summed E-state index contributed by atoms with van der Waals surface area (Å²) in [6, 6.07) is 5.48. The van der Waals surface area contributed by atoms with E-state index in [0.29, 0.717) is 24.3 Å². The fraction of sp³-hybridized carbons (Fsp3) is 0.381. The van der Waals surface area contributed by atoms with Crippen molar-refractivity contribution in [3.63, 3.8) is 0 Å². The van der Waals surface area contributed by atoms with Gasteiger partial charge in [0.15, 0.2) is 5.69 Å². The number of rotatable bonds is 4. The summed E-state index contributed by atoms with van der Waals surface area (Å²) in [7, 11) is 0. The van der Waals surface area contributed by atoms with E-state index in [1.165, 1.54) is 23.3 Å². The average molecular weight is 444 g/mol. The standard InChI is InChI=1S/C21H19F3N6O2/c1-12-2-4-15(30-26-6-7-27-30)19(28-12)20(31)29-11-13-8-16(29)17(9-13)32-18-5-3-14(10-25-18)21(22,23)24/h2-7,10,13,16-17H,8-9,11H2,1H3/t13?,16-,17?/m1/s1. The van der Waals surface area contributed by atoms with Crippen molar-refractivity contribution in [2.24, 2.45) is 5.92 Å². The Kier molecular flexibility index (Phi) is 4.83. The molecule has 3 aromatic rings. The highest BCUT2D eigenvalue weighted by molar-refractivity contribution is 5.96. The van der Waals surface area contributed by atoms with E-state index in [9.17, 15) is 18.0 Å². The van der Waals surface area contributed by atoms with Gasteiger partial charge in [0.25, 0.3) is 5.91 Å². The Morgan fingerprint density at radius 2 is 1.91 bits per heavy atom. The highest BCUT2D eigenvalue weighted by Gasteiger charge is 2.49.